The van der Waals surface area contributed by atoms with Crippen LogP contribution in [0.1, 0.15) is 97.3 Å². The lowest BCUT2D eigenvalue weighted by atomic mass is 9.90. The molecule has 2 saturated heterocycles. The lowest BCUT2D eigenvalue weighted by Crippen LogP contribution is -2.58. The van der Waals surface area contributed by atoms with Crippen LogP contribution in [0.15, 0.2) is 6.20 Å². The van der Waals surface area contributed by atoms with Crippen LogP contribution in [0.25, 0.3) is 0 Å². The van der Waals surface area contributed by atoms with Crippen molar-refractivity contribution >= 4 is 23.7 Å². The van der Waals surface area contributed by atoms with E-state index in [0.717, 1.165) is 19.3 Å². The van der Waals surface area contributed by atoms with Crippen LogP contribution in [0.4, 0.5) is 10.6 Å². The molecule has 3 rings (SSSR count). The summed E-state index contributed by atoms with van der Waals surface area (Å²) in [6, 6.07) is -0.413. The van der Waals surface area contributed by atoms with E-state index in [0.29, 0.717) is 56.5 Å². The van der Waals surface area contributed by atoms with Gasteiger partial charge in [0.05, 0.1) is 24.6 Å². The summed E-state index contributed by atoms with van der Waals surface area (Å²) in [7, 11) is 3.31. The van der Waals surface area contributed by atoms with Crippen molar-refractivity contribution in [2.45, 2.75) is 104 Å². The van der Waals surface area contributed by atoms with Gasteiger partial charge in [-0.3, -0.25) is 9.59 Å². The van der Waals surface area contributed by atoms with Crippen molar-refractivity contribution in [1.29, 1.82) is 0 Å². The van der Waals surface area contributed by atoms with Gasteiger partial charge in [-0.25, -0.2) is 14.8 Å². The molecule has 0 aliphatic carbocycles. The van der Waals surface area contributed by atoms with E-state index in [1.54, 1.807) is 25.3 Å². The normalized spacial score (nSPS) is 20.6. The predicted octanol–water partition coefficient (Wildman–Crippen LogP) is 4.58. The minimum absolute atomic E-state index is 0.00599. The molecular formula is C34H58N6O6. The number of nitrogens with zero attached hydrogens (tertiary/aromatic N) is 5. The molecule has 0 unspecified atom stereocenters. The van der Waals surface area contributed by atoms with E-state index < -0.39 is 23.7 Å². The highest BCUT2D eigenvalue weighted by Crippen LogP contribution is 2.30. The Kier molecular flexibility index (Phi) is 13.2. The highest BCUT2D eigenvalue weighted by molar-refractivity contribution is 5.98. The maximum atomic E-state index is 14.6. The predicted molar refractivity (Wildman–Crippen MR) is 178 cm³/mol. The van der Waals surface area contributed by atoms with Crippen LogP contribution in [0.2, 0.25) is 0 Å². The Morgan fingerprint density at radius 3 is 2.41 bits per heavy atom. The number of carbonyl (C=O) groups excluding carboxylic acids is 3. The highest BCUT2D eigenvalue weighted by Gasteiger charge is 2.43. The van der Waals surface area contributed by atoms with Crippen molar-refractivity contribution in [2.24, 2.45) is 11.8 Å². The molecule has 2 aliphatic heterocycles. The van der Waals surface area contributed by atoms with Gasteiger partial charge in [0.1, 0.15) is 22.8 Å². The molecule has 3 amide bonds. The summed E-state index contributed by atoms with van der Waals surface area (Å²) in [6.07, 6.45) is 4.10. The highest BCUT2D eigenvalue weighted by atomic mass is 16.6. The number of aromatic nitrogens is 2. The fourth-order valence-corrected chi connectivity index (χ4v) is 6.08. The zero-order chi connectivity index (χ0) is 34.2. The Balaban J connectivity index is 2.01. The van der Waals surface area contributed by atoms with Crippen molar-refractivity contribution in [2.75, 3.05) is 65.5 Å². The molecular weight excluding hydrogens is 588 g/mol. The minimum atomic E-state index is -0.703. The van der Waals surface area contributed by atoms with Crippen molar-refractivity contribution in [3.05, 3.63) is 17.6 Å². The SMILES string of the molecule is COCCCNc1nc(C(C)(C)C)ncc1C(=O)N(CC(C)C)[C@H]1C[C@@H](C(=O)N2CCC[C@H]2COC)CN(C(=O)OC(C)(C)C)C1. The van der Waals surface area contributed by atoms with Gasteiger partial charge in [-0.2, -0.15) is 0 Å². The third-order valence-electron chi connectivity index (χ3n) is 8.22. The monoisotopic (exact) mass is 646 g/mol. The molecule has 1 aromatic heterocycles. The Bertz CT molecular complexity index is 1180. The smallest absolute Gasteiger partial charge is 0.410 e. The summed E-state index contributed by atoms with van der Waals surface area (Å²) in [5.74, 6) is 0.508. The molecule has 46 heavy (non-hydrogen) atoms. The average molecular weight is 647 g/mol. The van der Waals surface area contributed by atoms with Gasteiger partial charge in [-0.15, -0.1) is 0 Å². The molecule has 3 atom stereocenters. The quantitative estimate of drug-likeness (QED) is 0.325. The molecule has 0 aromatic carbocycles. The van der Waals surface area contributed by atoms with Crippen LogP contribution in [0.5, 0.6) is 0 Å². The Morgan fingerprint density at radius 2 is 1.80 bits per heavy atom. The molecule has 0 bridgehead atoms. The Labute approximate surface area is 275 Å². The zero-order valence-corrected chi connectivity index (χ0v) is 29.9. The molecule has 0 radical (unpaired) electrons. The van der Waals surface area contributed by atoms with Crippen LogP contribution < -0.4 is 5.32 Å². The summed E-state index contributed by atoms with van der Waals surface area (Å²) in [4.78, 5) is 56.8. The van der Waals surface area contributed by atoms with Gasteiger partial charge in [0.2, 0.25) is 5.91 Å². The number of anilines is 1. The van der Waals surface area contributed by atoms with E-state index in [9.17, 15) is 14.4 Å². The number of carbonyl (C=O) groups is 3. The maximum Gasteiger partial charge on any atom is 0.410 e. The van der Waals surface area contributed by atoms with Crippen molar-refractivity contribution in [3.8, 4) is 0 Å². The van der Waals surface area contributed by atoms with Crippen molar-refractivity contribution < 1.29 is 28.6 Å². The molecule has 12 nitrogen and oxygen atoms in total. The molecule has 12 heteroatoms. The van der Waals surface area contributed by atoms with Gasteiger partial charge in [0.15, 0.2) is 0 Å². The van der Waals surface area contributed by atoms with Crippen LogP contribution in [0.3, 0.4) is 0 Å². The van der Waals surface area contributed by atoms with E-state index in [1.807, 2.05) is 51.3 Å². The number of rotatable bonds is 12. The molecule has 0 spiro atoms. The van der Waals surface area contributed by atoms with Crippen LogP contribution in [0, 0.1) is 11.8 Å². The lowest BCUT2D eigenvalue weighted by molar-refractivity contribution is -0.139. The fraction of sp³-hybridized carbons (Fsp3) is 0.794. The fourth-order valence-electron chi connectivity index (χ4n) is 6.08. The van der Waals surface area contributed by atoms with Crippen molar-refractivity contribution in [1.82, 2.24) is 24.7 Å². The average Bonchev–Trinajstić information content (AvgIpc) is 3.44. The van der Waals surface area contributed by atoms with Gasteiger partial charge in [-0.1, -0.05) is 34.6 Å². The number of ether oxygens (including phenoxy) is 3. The second kappa shape index (κ2) is 16.2. The molecule has 3 heterocycles. The van der Waals surface area contributed by atoms with Crippen LogP contribution in [-0.4, -0.2) is 120 Å². The Morgan fingerprint density at radius 1 is 1.09 bits per heavy atom. The summed E-state index contributed by atoms with van der Waals surface area (Å²) in [5, 5.41) is 3.35. The van der Waals surface area contributed by atoms with Gasteiger partial charge in [-0.05, 0) is 52.4 Å². The first-order valence-corrected chi connectivity index (χ1v) is 16.7. The number of piperidine rings is 1. The summed E-state index contributed by atoms with van der Waals surface area (Å²) in [5.41, 5.74) is -0.656. The van der Waals surface area contributed by atoms with E-state index in [-0.39, 0.29) is 42.3 Å². The summed E-state index contributed by atoms with van der Waals surface area (Å²) < 4.78 is 16.4. The first-order valence-electron chi connectivity index (χ1n) is 16.7. The summed E-state index contributed by atoms with van der Waals surface area (Å²) >= 11 is 0. The minimum Gasteiger partial charge on any atom is -0.444 e. The van der Waals surface area contributed by atoms with E-state index in [2.05, 4.69) is 24.1 Å². The molecule has 1 aromatic rings. The second-order valence-corrected chi connectivity index (χ2v) is 15.1. The van der Waals surface area contributed by atoms with Gasteiger partial charge < -0.3 is 34.2 Å². The zero-order valence-electron chi connectivity index (χ0n) is 29.9. The topological polar surface area (TPSA) is 126 Å². The molecule has 260 valence electrons. The number of nitrogens with one attached hydrogen (secondary N) is 1. The van der Waals surface area contributed by atoms with Gasteiger partial charge in [0, 0.05) is 65.2 Å². The van der Waals surface area contributed by atoms with Crippen LogP contribution >= 0.6 is 0 Å². The standard InChI is InChI=1S/C34H58N6O6/c1-23(2)19-40(30(42)27-18-36-31(33(3,4)5)37-28(27)35-14-12-16-44-9)26-17-24(20-38(21-26)32(43)46-34(6,7)8)29(41)39-15-11-13-25(39)22-45-10/h18,23-26H,11-17,19-22H2,1-10H3,(H,35,36,37)/t24-,25+,26+/m1/s1. The lowest BCUT2D eigenvalue weighted by Gasteiger charge is -2.44. The molecule has 2 fully saturated rings. The number of hydrogen-bond acceptors (Lipinski definition) is 9. The second-order valence-electron chi connectivity index (χ2n) is 15.1. The molecule has 0 saturated carbocycles. The van der Waals surface area contributed by atoms with E-state index in [4.69, 9.17) is 19.2 Å². The molecule has 2 aliphatic rings. The first-order chi connectivity index (χ1) is 21.6. The van der Waals surface area contributed by atoms with Crippen molar-refractivity contribution in [3.63, 3.8) is 0 Å². The third kappa shape index (κ3) is 10.3. The number of amides is 3. The molecule has 1 N–H and O–H groups in total. The third-order valence-corrected chi connectivity index (χ3v) is 8.22. The Hall–Kier alpha value is -2.99. The van der Waals surface area contributed by atoms with Gasteiger partial charge >= 0.3 is 6.09 Å². The van der Waals surface area contributed by atoms with E-state index in [1.165, 1.54) is 0 Å². The number of likely N-dealkylation sites (tertiary alicyclic amines) is 2. The van der Waals surface area contributed by atoms with E-state index >= 15 is 0 Å². The first kappa shape index (κ1) is 37.5. The number of methoxy groups -OCH3 is 2. The van der Waals surface area contributed by atoms with Gasteiger partial charge in [0.25, 0.3) is 5.91 Å². The number of hydrogen-bond donors (Lipinski definition) is 1. The maximum absolute atomic E-state index is 14.6. The summed E-state index contributed by atoms with van der Waals surface area (Å²) in [6.45, 7) is 18.9. The van der Waals surface area contributed by atoms with Crippen LogP contribution in [-0.2, 0) is 24.4 Å². The largest absolute Gasteiger partial charge is 0.444 e.